The summed E-state index contributed by atoms with van der Waals surface area (Å²) in [6.07, 6.45) is -4.15. The van der Waals surface area contributed by atoms with Gasteiger partial charge in [-0.15, -0.1) is 0 Å². The van der Waals surface area contributed by atoms with Crippen molar-refractivity contribution < 1.29 is 30.4 Å². The molecule has 1 aromatic heterocycles. The fraction of sp³-hybridized carbons (Fsp3) is 0.118. The molecule has 154 valence electrons. The average molecular weight is 560 g/mol. The van der Waals surface area contributed by atoms with E-state index in [1.165, 1.54) is 18.2 Å². The Balaban J connectivity index is 2.30. The number of sulfone groups is 1. The van der Waals surface area contributed by atoms with Crippen LogP contribution in [0.4, 0.5) is 22.0 Å². The molecule has 3 rings (SSSR count). The van der Waals surface area contributed by atoms with Crippen molar-refractivity contribution in [3.05, 3.63) is 62.7 Å². The zero-order valence-electron chi connectivity index (χ0n) is 14.2. The Hall–Kier alpha value is -1.79. The molecular weight excluding hydrogens is 551 g/mol. The minimum Gasteiger partial charge on any atom is -0.232 e. The minimum atomic E-state index is -4.84. The summed E-state index contributed by atoms with van der Waals surface area (Å²) in [6.45, 7) is 0. The zero-order chi connectivity index (χ0) is 21.7. The molecule has 12 heteroatoms. The maximum absolute atomic E-state index is 14.6. The van der Waals surface area contributed by atoms with Crippen LogP contribution in [0.25, 0.3) is 16.9 Å². The summed E-state index contributed by atoms with van der Waals surface area (Å²) in [5.74, 6) is -2.50. The van der Waals surface area contributed by atoms with E-state index in [1.54, 1.807) is 0 Å². The van der Waals surface area contributed by atoms with Crippen LogP contribution in [-0.2, 0) is 16.0 Å². The molecule has 3 aromatic rings. The second kappa shape index (κ2) is 7.47. The van der Waals surface area contributed by atoms with Gasteiger partial charge in [0, 0.05) is 20.8 Å². The van der Waals surface area contributed by atoms with Crippen molar-refractivity contribution in [2.24, 2.45) is 0 Å². The van der Waals surface area contributed by atoms with Crippen LogP contribution < -0.4 is 0 Å². The number of benzene rings is 2. The molecule has 0 bridgehead atoms. The summed E-state index contributed by atoms with van der Waals surface area (Å²) in [5.41, 5.74) is -2.16. The van der Waals surface area contributed by atoms with Gasteiger partial charge >= 0.3 is 6.18 Å². The molecule has 0 aliphatic rings. The van der Waals surface area contributed by atoms with Crippen LogP contribution in [0, 0.1) is 11.6 Å². The van der Waals surface area contributed by atoms with Crippen molar-refractivity contribution >= 4 is 41.7 Å². The Bertz CT molecular complexity index is 1220. The fourth-order valence-electron chi connectivity index (χ4n) is 2.53. The SMILES string of the molecule is CS(=O)(=O)c1cc(F)c(-c2cc(C(F)(F)F)nn2-c2ccc(Br)c(Br)c2)cc1F. The van der Waals surface area contributed by atoms with Crippen molar-refractivity contribution in [3.63, 3.8) is 0 Å². The lowest BCUT2D eigenvalue weighted by Crippen LogP contribution is -2.07. The van der Waals surface area contributed by atoms with Gasteiger partial charge in [0.25, 0.3) is 0 Å². The summed E-state index contributed by atoms with van der Waals surface area (Å²) >= 11 is 6.44. The van der Waals surface area contributed by atoms with Gasteiger partial charge in [0.2, 0.25) is 0 Å². The lowest BCUT2D eigenvalue weighted by Gasteiger charge is -2.11. The zero-order valence-corrected chi connectivity index (χ0v) is 18.2. The third-order valence-corrected chi connectivity index (χ3v) is 6.84. The first-order valence-electron chi connectivity index (χ1n) is 7.61. The molecule has 0 radical (unpaired) electrons. The molecule has 0 unspecified atom stereocenters. The van der Waals surface area contributed by atoms with E-state index in [-0.39, 0.29) is 5.69 Å². The van der Waals surface area contributed by atoms with E-state index in [0.717, 1.165) is 4.68 Å². The number of rotatable bonds is 3. The van der Waals surface area contributed by atoms with Crippen molar-refractivity contribution in [2.75, 3.05) is 6.26 Å². The van der Waals surface area contributed by atoms with Crippen LogP contribution >= 0.6 is 31.9 Å². The molecule has 0 spiro atoms. The van der Waals surface area contributed by atoms with Gasteiger partial charge in [-0.05, 0) is 68.3 Å². The molecule has 0 aliphatic heterocycles. The highest BCUT2D eigenvalue weighted by Gasteiger charge is 2.36. The summed E-state index contributed by atoms with van der Waals surface area (Å²) in [7, 11) is -4.07. The molecule has 0 fully saturated rings. The van der Waals surface area contributed by atoms with Gasteiger partial charge in [-0.1, -0.05) is 0 Å². The van der Waals surface area contributed by atoms with Crippen LogP contribution in [0.5, 0.6) is 0 Å². The number of hydrogen-bond acceptors (Lipinski definition) is 3. The summed E-state index contributed by atoms with van der Waals surface area (Å²) in [4.78, 5) is -0.896. The van der Waals surface area contributed by atoms with Gasteiger partial charge in [-0.2, -0.15) is 18.3 Å². The molecule has 0 saturated carbocycles. The monoisotopic (exact) mass is 558 g/mol. The maximum atomic E-state index is 14.6. The number of hydrogen-bond donors (Lipinski definition) is 0. The second-order valence-corrected chi connectivity index (χ2v) is 9.65. The molecule has 0 aliphatic carbocycles. The highest BCUT2D eigenvalue weighted by atomic mass is 79.9. The smallest absolute Gasteiger partial charge is 0.232 e. The van der Waals surface area contributed by atoms with Gasteiger partial charge in [0.1, 0.15) is 16.5 Å². The van der Waals surface area contributed by atoms with Crippen LogP contribution in [0.2, 0.25) is 0 Å². The predicted molar refractivity (Wildman–Crippen MR) is 102 cm³/mol. The first-order chi connectivity index (χ1) is 13.3. The summed E-state index contributed by atoms with van der Waals surface area (Å²) in [5, 5.41) is 3.49. The van der Waals surface area contributed by atoms with E-state index in [0.29, 0.717) is 33.4 Å². The molecular formula is C17H9Br2F5N2O2S. The number of aromatic nitrogens is 2. The third kappa shape index (κ3) is 4.38. The minimum absolute atomic E-state index is 0.137. The van der Waals surface area contributed by atoms with Crippen LogP contribution in [-0.4, -0.2) is 24.5 Å². The second-order valence-electron chi connectivity index (χ2n) is 5.96. The average Bonchev–Trinajstić information content (AvgIpc) is 3.03. The summed E-state index contributed by atoms with van der Waals surface area (Å²) in [6, 6.07) is 5.91. The highest BCUT2D eigenvalue weighted by Crippen LogP contribution is 2.36. The van der Waals surface area contributed by atoms with Crippen LogP contribution in [0.1, 0.15) is 5.69 Å². The van der Waals surface area contributed by atoms with E-state index in [4.69, 9.17) is 0 Å². The van der Waals surface area contributed by atoms with E-state index < -0.39 is 49.5 Å². The van der Waals surface area contributed by atoms with E-state index >= 15 is 0 Å². The van der Waals surface area contributed by atoms with Gasteiger partial charge in [0.15, 0.2) is 15.5 Å². The van der Waals surface area contributed by atoms with Gasteiger partial charge in [-0.3, -0.25) is 0 Å². The van der Waals surface area contributed by atoms with Crippen molar-refractivity contribution in [1.29, 1.82) is 0 Å². The Morgan fingerprint density at radius 2 is 1.62 bits per heavy atom. The maximum Gasteiger partial charge on any atom is 0.435 e. The lowest BCUT2D eigenvalue weighted by molar-refractivity contribution is -0.141. The molecule has 1 heterocycles. The molecule has 0 saturated heterocycles. The van der Waals surface area contributed by atoms with Crippen molar-refractivity contribution in [2.45, 2.75) is 11.1 Å². The standard InChI is InChI=1S/C17H9Br2F5N2O2S/c1-29(27,28)15-6-12(20)9(5-13(15)21)14-7-16(17(22,23)24)25-26(14)8-2-3-10(18)11(19)4-8/h2-7H,1H3. The van der Waals surface area contributed by atoms with Crippen LogP contribution in [0.15, 0.2) is 50.2 Å². The lowest BCUT2D eigenvalue weighted by atomic mass is 10.1. The Morgan fingerprint density at radius 1 is 0.966 bits per heavy atom. The quantitative estimate of drug-likeness (QED) is 0.383. The Labute approximate surface area is 178 Å². The molecule has 0 amide bonds. The molecule has 4 nitrogen and oxygen atoms in total. The number of alkyl halides is 3. The molecule has 2 aromatic carbocycles. The van der Waals surface area contributed by atoms with Crippen LogP contribution in [0.3, 0.4) is 0 Å². The molecule has 29 heavy (non-hydrogen) atoms. The Kier molecular flexibility index (Phi) is 5.65. The van der Waals surface area contributed by atoms with Gasteiger partial charge in [-0.25, -0.2) is 21.9 Å². The Morgan fingerprint density at radius 3 is 2.17 bits per heavy atom. The predicted octanol–water partition coefficient (Wildman–Crippen LogP) is 5.76. The third-order valence-electron chi connectivity index (χ3n) is 3.84. The largest absolute Gasteiger partial charge is 0.435 e. The first-order valence-corrected chi connectivity index (χ1v) is 11.1. The van der Waals surface area contributed by atoms with Crippen molar-refractivity contribution in [1.82, 2.24) is 9.78 Å². The highest BCUT2D eigenvalue weighted by molar-refractivity contribution is 9.13. The van der Waals surface area contributed by atoms with Gasteiger partial charge in [0.05, 0.1) is 11.4 Å². The van der Waals surface area contributed by atoms with Crippen molar-refractivity contribution in [3.8, 4) is 16.9 Å². The molecule has 0 N–H and O–H groups in total. The normalized spacial score (nSPS) is 12.4. The number of nitrogens with zero attached hydrogens (tertiary/aromatic N) is 2. The molecule has 0 atom stereocenters. The van der Waals surface area contributed by atoms with E-state index in [1.807, 2.05) is 0 Å². The fourth-order valence-corrected chi connectivity index (χ4v) is 3.88. The van der Waals surface area contributed by atoms with Gasteiger partial charge < -0.3 is 0 Å². The number of halogens is 7. The van der Waals surface area contributed by atoms with E-state index in [2.05, 4.69) is 37.0 Å². The van der Waals surface area contributed by atoms with E-state index in [9.17, 15) is 30.4 Å². The topological polar surface area (TPSA) is 52.0 Å². The summed E-state index contributed by atoms with van der Waals surface area (Å²) < 4.78 is 93.6. The first kappa shape index (κ1) is 21.9.